The first-order valence-corrected chi connectivity index (χ1v) is 18.3. The standard InChI is InChI=1S/C38H42N10O4/c1-45(2)36(51)29-17-23-19-40-37(44-33(23)48(29)24-5-3-4-6-24)42-31-11-8-26(20-39-31)46-15-13-38(14-16-46)21-47(22-38)25-7-10-28-30(18-25)52-35(41-28)27-9-12-32(49)43-34(27)50/h7-8,10-11,17-20,24,27H,3-6,9,12-16,21-22H2,1-2H3,(H,43,49,50)(H,39,40,42,44)/t27-/m0/s1. The summed E-state index contributed by atoms with van der Waals surface area (Å²) in [6.07, 6.45) is 11.0. The predicted octanol–water partition coefficient (Wildman–Crippen LogP) is 5.16. The molecule has 7 heterocycles. The summed E-state index contributed by atoms with van der Waals surface area (Å²) in [6, 6.07) is 12.3. The van der Waals surface area contributed by atoms with Gasteiger partial charge in [-0.05, 0) is 62.4 Å². The van der Waals surface area contributed by atoms with Gasteiger partial charge < -0.3 is 29.0 Å². The minimum atomic E-state index is -0.534. The van der Waals surface area contributed by atoms with Gasteiger partial charge in [-0.1, -0.05) is 12.8 Å². The van der Waals surface area contributed by atoms with Crippen LogP contribution in [0.15, 0.2) is 53.2 Å². The first-order chi connectivity index (χ1) is 25.2. The molecule has 1 atom stereocenters. The third-order valence-corrected chi connectivity index (χ3v) is 11.4. The lowest BCUT2D eigenvalue weighted by Crippen LogP contribution is -2.60. The Kier molecular flexibility index (Phi) is 7.85. The molecule has 1 aromatic carbocycles. The Labute approximate surface area is 300 Å². The normalized spacial score (nSPS) is 20.5. The molecule has 9 rings (SSSR count). The number of amides is 3. The summed E-state index contributed by atoms with van der Waals surface area (Å²) in [7, 11) is 3.56. The zero-order valence-corrected chi connectivity index (χ0v) is 29.5. The average Bonchev–Trinajstić information content (AvgIpc) is 3.89. The fourth-order valence-corrected chi connectivity index (χ4v) is 8.46. The van der Waals surface area contributed by atoms with Gasteiger partial charge in [0.1, 0.15) is 28.6 Å². The highest BCUT2D eigenvalue weighted by atomic mass is 16.3. The number of fused-ring (bicyclic) bond motifs is 2. The number of benzene rings is 1. The molecule has 5 aromatic rings. The summed E-state index contributed by atoms with van der Waals surface area (Å²) in [4.78, 5) is 62.0. The van der Waals surface area contributed by atoms with Gasteiger partial charge in [-0.15, -0.1) is 0 Å². The summed E-state index contributed by atoms with van der Waals surface area (Å²) in [5.74, 6) is 0.349. The minimum Gasteiger partial charge on any atom is -0.440 e. The van der Waals surface area contributed by atoms with Gasteiger partial charge >= 0.3 is 0 Å². The van der Waals surface area contributed by atoms with Crippen LogP contribution in [0.3, 0.4) is 0 Å². The molecule has 0 unspecified atom stereocenters. The van der Waals surface area contributed by atoms with Gasteiger partial charge in [-0.3, -0.25) is 19.7 Å². The Morgan fingerprint density at radius 1 is 0.942 bits per heavy atom. The van der Waals surface area contributed by atoms with Gasteiger partial charge in [0, 0.05) is 81.5 Å². The van der Waals surface area contributed by atoms with Crippen molar-refractivity contribution in [3.63, 3.8) is 0 Å². The van der Waals surface area contributed by atoms with Crippen molar-refractivity contribution in [2.75, 3.05) is 55.4 Å². The maximum Gasteiger partial charge on any atom is 0.270 e. The Bertz CT molecular complexity index is 2190. The lowest BCUT2D eigenvalue weighted by molar-refractivity contribution is -0.134. The quantitative estimate of drug-likeness (QED) is 0.216. The van der Waals surface area contributed by atoms with E-state index in [4.69, 9.17) is 14.4 Å². The van der Waals surface area contributed by atoms with E-state index in [1.807, 2.05) is 30.5 Å². The Hall–Kier alpha value is -5.53. The van der Waals surface area contributed by atoms with E-state index in [0.29, 0.717) is 41.8 Å². The molecule has 1 aliphatic carbocycles. The zero-order valence-electron chi connectivity index (χ0n) is 29.5. The predicted molar refractivity (Wildman–Crippen MR) is 196 cm³/mol. The first kappa shape index (κ1) is 32.4. The molecule has 52 heavy (non-hydrogen) atoms. The van der Waals surface area contributed by atoms with Crippen LogP contribution in [0.25, 0.3) is 22.1 Å². The van der Waals surface area contributed by atoms with E-state index >= 15 is 0 Å². The number of imide groups is 1. The van der Waals surface area contributed by atoms with Crippen molar-refractivity contribution in [2.24, 2.45) is 5.41 Å². The number of anilines is 4. The molecular formula is C38H42N10O4. The van der Waals surface area contributed by atoms with E-state index in [1.165, 1.54) is 0 Å². The third kappa shape index (κ3) is 5.79. The van der Waals surface area contributed by atoms with E-state index in [-0.39, 0.29) is 29.2 Å². The van der Waals surface area contributed by atoms with Crippen molar-refractivity contribution < 1.29 is 18.8 Å². The SMILES string of the molecule is CN(C)C(=O)c1cc2cnc(Nc3ccc(N4CCC5(CC4)CN(c4ccc6nc([C@H]7CCC(=O)NC7=O)oc6c4)C5)cn3)nc2n1C1CCCC1. The first-order valence-electron chi connectivity index (χ1n) is 18.3. The number of piperidine rings is 2. The smallest absolute Gasteiger partial charge is 0.270 e. The molecule has 4 fully saturated rings. The fourth-order valence-electron chi connectivity index (χ4n) is 8.46. The highest BCUT2D eigenvalue weighted by molar-refractivity contribution is 6.01. The number of carbonyl (C=O) groups excluding carboxylic acids is 3. The lowest BCUT2D eigenvalue weighted by atomic mass is 9.71. The van der Waals surface area contributed by atoms with Crippen molar-refractivity contribution in [1.82, 2.24) is 34.7 Å². The van der Waals surface area contributed by atoms with Gasteiger partial charge in [0.2, 0.25) is 23.7 Å². The van der Waals surface area contributed by atoms with E-state index < -0.39 is 5.92 Å². The van der Waals surface area contributed by atoms with Gasteiger partial charge in [0.15, 0.2) is 5.58 Å². The van der Waals surface area contributed by atoms with Gasteiger partial charge in [0.25, 0.3) is 5.91 Å². The summed E-state index contributed by atoms with van der Waals surface area (Å²) in [6.45, 7) is 3.90. The largest absolute Gasteiger partial charge is 0.440 e. The summed E-state index contributed by atoms with van der Waals surface area (Å²) >= 11 is 0. The molecule has 14 nitrogen and oxygen atoms in total. The number of hydrogen-bond donors (Lipinski definition) is 2. The summed E-state index contributed by atoms with van der Waals surface area (Å²) in [5.41, 5.74) is 5.29. The number of carbonyl (C=O) groups is 3. The molecule has 1 saturated carbocycles. The Balaban J connectivity index is 0.822. The summed E-state index contributed by atoms with van der Waals surface area (Å²) in [5, 5.41) is 6.53. The number of rotatable bonds is 7. The number of pyridine rings is 1. The van der Waals surface area contributed by atoms with Crippen LogP contribution in [0.4, 0.5) is 23.1 Å². The molecule has 1 spiro atoms. The minimum absolute atomic E-state index is 0.0249. The maximum atomic E-state index is 13.1. The highest BCUT2D eigenvalue weighted by Crippen LogP contribution is 2.44. The number of nitrogens with zero attached hydrogens (tertiary/aromatic N) is 8. The van der Waals surface area contributed by atoms with Crippen LogP contribution in [0, 0.1) is 5.41 Å². The number of oxazole rings is 1. The van der Waals surface area contributed by atoms with Gasteiger partial charge in [-0.25, -0.2) is 15.0 Å². The molecule has 3 aliphatic heterocycles. The molecule has 14 heteroatoms. The van der Waals surface area contributed by atoms with Crippen LogP contribution in [0.5, 0.6) is 0 Å². The number of nitrogens with one attached hydrogen (secondary N) is 2. The molecule has 4 aliphatic rings. The second kappa shape index (κ2) is 12.6. The van der Waals surface area contributed by atoms with Gasteiger partial charge in [-0.2, -0.15) is 4.98 Å². The molecule has 3 amide bonds. The van der Waals surface area contributed by atoms with Gasteiger partial charge in [0.05, 0.1) is 11.9 Å². The topological polar surface area (TPSA) is 155 Å². The van der Waals surface area contributed by atoms with E-state index in [2.05, 4.69) is 47.1 Å². The fraction of sp³-hybridized carbons (Fsp3) is 0.447. The van der Waals surface area contributed by atoms with Crippen LogP contribution in [-0.2, 0) is 9.59 Å². The van der Waals surface area contributed by atoms with Crippen LogP contribution in [0.2, 0.25) is 0 Å². The molecule has 3 saturated heterocycles. The Morgan fingerprint density at radius 2 is 1.73 bits per heavy atom. The van der Waals surface area contributed by atoms with Crippen molar-refractivity contribution in [1.29, 1.82) is 0 Å². The molecule has 4 aromatic heterocycles. The van der Waals surface area contributed by atoms with Crippen LogP contribution in [0.1, 0.15) is 79.7 Å². The second-order valence-electron chi connectivity index (χ2n) is 15.1. The maximum absolute atomic E-state index is 13.1. The van der Waals surface area contributed by atoms with Crippen molar-refractivity contribution in [2.45, 2.75) is 63.3 Å². The van der Waals surface area contributed by atoms with Crippen molar-refractivity contribution in [3.05, 3.63) is 60.4 Å². The molecule has 0 bridgehead atoms. The monoisotopic (exact) mass is 702 g/mol. The third-order valence-electron chi connectivity index (χ3n) is 11.4. The van der Waals surface area contributed by atoms with Crippen LogP contribution in [-0.4, -0.2) is 87.4 Å². The van der Waals surface area contributed by atoms with Crippen LogP contribution < -0.4 is 20.4 Å². The molecule has 2 N–H and O–H groups in total. The van der Waals surface area contributed by atoms with Crippen molar-refractivity contribution >= 4 is 63.0 Å². The average molecular weight is 703 g/mol. The second-order valence-corrected chi connectivity index (χ2v) is 15.1. The van der Waals surface area contributed by atoms with Crippen LogP contribution >= 0.6 is 0 Å². The van der Waals surface area contributed by atoms with E-state index in [0.717, 1.165) is 92.6 Å². The number of aromatic nitrogens is 5. The zero-order chi connectivity index (χ0) is 35.6. The molecule has 0 radical (unpaired) electrons. The highest BCUT2D eigenvalue weighted by Gasteiger charge is 2.45. The summed E-state index contributed by atoms with van der Waals surface area (Å²) < 4.78 is 8.14. The lowest BCUT2D eigenvalue weighted by Gasteiger charge is -2.55. The Morgan fingerprint density at radius 3 is 2.46 bits per heavy atom. The number of hydrogen-bond acceptors (Lipinski definition) is 11. The van der Waals surface area contributed by atoms with Crippen molar-refractivity contribution in [3.8, 4) is 0 Å². The molecule has 268 valence electrons. The van der Waals surface area contributed by atoms with E-state index in [1.54, 1.807) is 25.2 Å². The molecular weight excluding hydrogens is 660 g/mol. The van der Waals surface area contributed by atoms with E-state index in [9.17, 15) is 14.4 Å².